The van der Waals surface area contributed by atoms with E-state index in [2.05, 4.69) is 22.1 Å². The average Bonchev–Trinajstić information content (AvgIpc) is 3.65. The molecule has 234 valence electrons. The van der Waals surface area contributed by atoms with Crippen LogP contribution in [-0.4, -0.2) is 64.8 Å². The second kappa shape index (κ2) is 12.5. The molecule has 3 heterocycles. The van der Waals surface area contributed by atoms with Crippen molar-refractivity contribution >= 4 is 44.3 Å². The fourth-order valence-corrected chi connectivity index (χ4v) is 7.62. The molecule has 2 fully saturated rings. The quantitative estimate of drug-likeness (QED) is 0.181. The maximum atomic E-state index is 15.3. The first kappa shape index (κ1) is 30.6. The number of likely N-dealkylation sites (tertiary alicyclic amines) is 1. The second-order valence-electron chi connectivity index (χ2n) is 13.1. The Hall–Kier alpha value is -3.43. The molecule has 7 nitrogen and oxygen atoms in total. The molecule has 9 heteroatoms. The number of aromatic nitrogens is 1. The number of nitrogens with zero attached hydrogens (tertiary/aromatic N) is 3. The maximum Gasteiger partial charge on any atom is 0.410 e. The van der Waals surface area contributed by atoms with Gasteiger partial charge in [0.1, 0.15) is 11.4 Å². The van der Waals surface area contributed by atoms with Gasteiger partial charge in [0, 0.05) is 68.1 Å². The van der Waals surface area contributed by atoms with E-state index in [1.54, 1.807) is 29.4 Å². The van der Waals surface area contributed by atoms with Gasteiger partial charge in [-0.2, -0.15) is 0 Å². The number of rotatable bonds is 9. The smallest absolute Gasteiger partial charge is 0.410 e. The van der Waals surface area contributed by atoms with Gasteiger partial charge in [0.15, 0.2) is 0 Å². The maximum absolute atomic E-state index is 15.3. The van der Waals surface area contributed by atoms with Crippen molar-refractivity contribution in [2.75, 3.05) is 26.8 Å². The van der Waals surface area contributed by atoms with E-state index in [0.29, 0.717) is 44.6 Å². The standard InChI is InChI=1S/C35H42FN3O4S/c1-35(2,3)43-34(41)38-17-15-25(28-22-44-31-12-6-5-9-26(28)31)27(21-38)33(40)39(24-13-14-24)20-23-19-37(16-8-18-42-4)30-11-7-10-29(36)32(23)30/h5-7,9-12,19,22,24-25,27H,8,13-18,20-21H2,1-4H3/t25-,27-/m0/s1. The number of aryl methyl sites for hydroxylation is 1. The van der Waals surface area contributed by atoms with Crippen LogP contribution in [0.15, 0.2) is 54.0 Å². The van der Waals surface area contributed by atoms with Crippen molar-refractivity contribution in [1.82, 2.24) is 14.4 Å². The number of carbonyl (C=O) groups is 2. The number of piperidine rings is 1. The summed E-state index contributed by atoms with van der Waals surface area (Å²) in [6.07, 6.45) is 4.94. The molecule has 2 aliphatic rings. The zero-order chi connectivity index (χ0) is 31.0. The zero-order valence-electron chi connectivity index (χ0n) is 26.1. The van der Waals surface area contributed by atoms with Crippen LogP contribution in [0.1, 0.15) is 63.5 Å². The molecular weight excluding hydrogens is 577 g/mol. The molecule has 2 aromatic heterocycles. The van der Waals surface area contributed by atoms with Gasteiger partial charge in [-0.25, -0.2) is 9.18 Å². The van der Waals surface area contributed by atoms with E-state index < -0.39 is 11.5 Å². The number of fused-ring (bicyclic) bond motifs is 2. The highest BCUT2D eigenvalue weighted by atomic mass is 32.1. The third kappa shape index (κ3) is 6.35. The van der Waals surface area contributed by atoms with Gasteiger partial charge in [-0.15, -0.1) is 11.3 Å². The molecule has 1 saturated heterocycles. The van der Waals surface area contributed by atoms with Gasteiger partial charge in [0.05, 0.1) is 11.4 Å². The number of ether oxygens (including phenoxy) is 2. The highest BCUT2D eigenvalue weighted by Gasteiger charge is 2.44. The minimum Gasteiger partial charge on any atom is -0.444 e. The fourth-order valence-electron chi connectivity index (χ4n) is 6.60. The van der Waals surface area contributed by atoms with Gasteiger partial charge >= 0.3 is 6.09 Å². The Morgan fingerprint density at radius 3 is 2.64 bits per heavy atom. The van der Waals surface area contributed by atoms with Crippen molar-refractivity contribution in [3.63, 3.8) is 0 Å². The molecule has 4 aromatic rings. The van der Waals surface area contributed by atoms with Crippen molar-refractivity contribution in [1.29, 1.82) is 0 Å². The zero-order valence-corrected chi connectivity index (χ0v) is 26.9. The topological polar surface area (TPSA) is 64.0 Å². The molecule has 6 rings (SSSR count). The van der Waals surface area contributed by atoms with Crippen LogP contribution in [0.25, 0.3) is 21.0 Å². The number of benzene rings is 2. The highest BCUT2D eigenvalue weighted by Crippen LogP contribution is 2.42. The number of thiophene rings is 1. The first-order chi connectivity index (χ1) is 21.1. The Morgan fingerprint density at radius 1 is 1.09 bits per heavy atom. The van der Waals surface area contributed by atoms with Crippen molar-refractivity contribution < 1.29 is 23.5 Å². The van der Waals surface area contributed by atoms with Crippen molar-refractivity contribution in [2.45, 2.75) is 77.1 Å². The molecule has 1 saturated carbocycles. The third-order valence-electron chi connectivity index (χ3n) is 8.78. The molecule has 0 N–H and O–H groups in total. The molecule has 2 aromatic carbocycles. The summed E-state index contributed by atoms with van der Waals surface area (Å²) in [5, 5.41) is 3.93. The van der Waals surface area contributed by atoms with Gasteiger partial charge in [0.25, 0.3) is 0 Å². The summed E-state index contributed by atoms with van der Waals surface area (Å²) in [7, 11) is 1.68. The Balaban J connectivity index is 1.34. The van der Waals surface area contributed by atoms with Crippen molar-refractivity contribution in [3.8, 4) is 0 Å². The summed E-state index contributed by atoms with van der Waals surface area (Å²) in [6, 6.07) is 13.6. The summed E-state index contributed by atoms with van der Waals surface area (Å²) in [6.45, 7) is 8.04. The second-order valence-corrected chi connectivity index (χ2v) is 14.1. The van der Waals surface area contributed by atoms with E-state index in [4.69, 9.17) is 9.47 Å². The van der Waals surface area contributed by atoms with E-state index in [1.165, 1.54) is 21.7 Å². The SMILES string of the molecule is COCCCn1cc(CN(C(=O)[C@H]2CN(C(=O)OC(C)(C)C)CC[C@@H]2c2csc3ccccc23)C2CC2)c2c(F)cccc21. The Kier molecular flexibility index (Phi) is 8.70. The van der Waals surface area contributed by atoms with Crippen molar-refractivity contribution in [3.05, 3.63) is 71.0 Å². The number of hydrogen-bond donors (Lipinski definition) is 0. The van der Waals surface area contributed by atoms with Gasteiger partial charge in [0.2, 0.25) is 5.91 Å². The predicted octanol–water partition coefficient (Wildman–Crippen LogP) is 7.56. The number of amides is 2. The molecule has 2 amide bonds. The van der Waals surface area contributed by atoms with Crippen LogP contribution >= 0.6 is 11.3 Å². The van der Waals surface area contributed by atoms with E-state index in [9.17, 15) is 9.59 Å². The third-order valence-corrected chi connectivity index (χ3v) is 9.77. The van der Waals surface area contributed by atoms with Gasteiger partial charge in [-0.05, 0) is 86.5 Å². The number of carbonyl (C=O) groups excluding carboxylic acids is 2. The summed E-state index contributed by atoms with van der Waals surface area (Å²) < 4.78 is 29.6. The molecule has 0 bridgehead atoms. The van der Waals surface area contributed by atoms with Gasteiger partial charge in [-0.1, -0.05) is 24.3 Å². The molecule has 1 aliphatic heterocycles. The van der Waals surface area contributed by atoms with Gasteiger partial charge in [-0.3, -0.25) is 4.79 Å². The fraction of sp³-hybridized carbons (Fsp3) is 0.486. The lowest BCUT2D eigenvalue weighted by Gasteiger charge is -2.40. The van der Waals surface area contributed by atoms with Crippen LogP contribution in [0.4, 0.5) is 9.18 Å². The van der Waals surface area contributed by atoms with Crippen LogP contribution < -0.4 is 0 Å². The Bertz CT molecular complexity index is 1650. The predicted molar refractivity (Wildman–Crippen MR) is 172 cm³/mol. The van der Waals surface area contributed by atoms with E-state index in [-0.39, 0.29) is 29.8 Å². The lowest BCUT2D eigenvalue weighted by Crippen LogP contribution is -2.51. The summed E-state index contributed by atoms with van der Waals surface area (Å²) in [5.74, 6) is -0.722. The number of halogens is 1. The first-order valence-corrected chi connectivity index (χ1v) is 16.5. The van der Waals surface area contributed by atoms with Crippen LogP contribution in [0, 0.1) is 11.7 Å². The minimum atomic E-state index is -0.626. The van der Waals surface area contributed by atoms with Crippen LogP contribution in [0.5, 0.6) is 0 Å². The summed E-state index contributed by atoms with van der Waals surface area (Å²) in [4.78, 5) is 31.6. The Morgan fingerprint density at radius 2 is 1.89 bits per heavy atom. The Labute approximate surface area is 262 Å². The molecular formula is C35H42FN3O4S. The van der Waals surface area contributed by atoms with Crippen LogP contribution in [-0.2, 0) is 27.4 Å². The first-order valence-electron chi connectivity index (χ1n) is 15.6. The van der Waals surface area contributed by atoms with Crippen LogP contribution in [0.3, 0.4) is 0 Å². The molecule has 0 radical (unpaired) electrons. The molecule has 2 atom stereocenters. The van der Waals surface area contributed by atoms with Crippen LogP contribution in [0.2, 0.25) is 0 Å². The molecule has 44 heavy (non-hydrogen) atoms. The number of hydrogen-bond acceptors (Lipinski definition) is 5. The van der Waals surface area contributed by atoms with Crippen molar-refractivity contribution in [2.24, 2.45) is 5.92 Å². The monoisotopic (exact) mass is 619 g/mol. The largest absolute Gasteiger partial charge is 0.444 e. The van der Waals surface area contributed by atoms with E-state index >= 15 is 4.39 Å². The minimum absolute atomic E-state index is 0.0256. The lowest BCUT2D eigenvalue weighted by molar-refractivity contribution is -0.139. The molecule has 0 spiro atoms. The van der Waals surface area contributed by atoms with E-state index in [0.717, 1.165) is 30.3 Å². The number of methoxy groups -OCH3 is 1. The summed E-state index contributed by atoms with van der Waals surface area (Å²) in [5.41, 5.74) is 2.19. The lowest BCUT2D eigenvalue weighted by atomic mass is 9.79. The molecule has 0 unspecified atom stereocenters. The average molecular weight is 620 g/mol. The normalized spacial score (nSPS) is 19.1. The van der Waals surface area contributed by atoms with E-state index in [1.807, 2.05) is 50.1 Å². The molecule has 1 aliphatic carbocycles. The highest BCUT2D eigenvalue weighted by molar-refractivity contribution is 7.17. The van der Waals surface area contributed by atoms with Gasteiger partial charge < -0.3 is 23.8 Å². The summed E-state index contributed by atoms with van der Waals surface area (Å²) >= 11 is 1.70.